The molecule has 0 aliphatic rings. The van der Waals surface area contributed by atoms with Gasteiger partial charge >= 0.3 is 0 Å². The van der Waals surface area contributed by atoms with Gasteiger partial charge in [-0.15, -0.1) is 24.0 Å². The van der Waals surface area contributed by atoms with E-state index in [0.717, 1.165) is 24.8 Å². The highest BCUT2D eigenvalue weighted by Gasteiger charge is 1.96. The van der Waals surface area contributed by atoms with Crippen LogP contribution in [-0.4, -0.2) is 63.6 Å². The minimum atomic E-state index is 0. The van der Waals surface area contributed by atoms with Gasteiger partial charge < -0.3 is 15.5 Å². The lowest BCUT2D eigenvalue weighted by molar-refractivity contribution is 0.389. The van der Waals surface area contributed by atoms with Gasteiger partial charge in [-0.05, 0) is 39.7 Å². The highest BCUT2D eigenvalue weighted by molar-refractivity contribution is 14.0. The summed E-state index contributed by atoms with van der Waals surface area (Å²) in [6, 6.07) is 0. The number of guanidine groups is 1. The van der Waals surface area contributed by atoms with Crippen molar-refractivity contribution in [2.24, 2.45) is 4.99 Å². The number of nitrogens with zero attached hydrogens (tertiary/aromatic N) is 2. The van der Waals surface area contributed by atoms with Crippen molar-refractivity contribution in [1.82, 2.24) is 15.5 Å². The standard InChI is InChI=1S/C14H32N4S.HI/c1-15-14(17-11-13-19-4)16-10-8-6-5-7-9-12-18(2)3;/h5-13H2,1-4H3,(H2,15,16,17);1H. The Morgan fingerprint density at radius 1 is 1.00 bits per heavy atom. The van der Waals surface area contributed by atoms with Gasteiger partial charge in [0.15, 0.2) is 5.96 Å². The molecule has 0 aromatic heterocycles. The van der Waals surface area contributed by atoms with E-state index in [1.807, 2.05) is 18.8 Å². The lowest BCUT2D eigenvalue weighted by Crippen LogP contribution is -2.38. The number of halogens is 1. The topological polar surface area (TPSA) is 39.7 Å². The van der Waals surface area contributed by atoms with Gasteiger partial charge in [-0.3, -0.25) is 4.99 Å². The summed E-state index contributed by atoms with van der Waals surface area (Å²) in [5.41, 5.74) is 0. The first-order chi connectivity index (χ1) is 9.20. The van der Waals surface area contributed by atoms with E-state index in [1.54, 1.807) is 0 Å². The number of nitrogens with one attached hydrogen (secondary N) is 2. The Kier molecular flexibility index (Phi) is 19.6. The summed E-state index contributed by atoms with van der Waals surface area (Å²) in [5.74, 6) is 2.05. The number of aliphatic imine (C=N–C) groups is 1. The molecule has 0 bridgehead atoms. The van der Waals surface area contributed by atoms with E-state index in [4.69, 9.17) is 0 Å². The van der Waals surface area contributed by atoms with Gasteiger partial charge in [-0.2, -0.15) is 11.8 Å². The maximum Gasteiger partial charge on any atom is 0.191 e. The summed E-state index contributed by atoms with van der Waals surface area (Å²) in [6.07, 6.45) is 8.66. The molecule has 0 saturated carbocycles. The summed E-state index contributed by atoms with van der Waals surface area (Å²) in [4.78, 5) is 6.46. The van der Waals surface area contributed by atoms with Crippen molar-refractivity contribution >= 4 is 41.7 Å². The van der Waals surface area contributed by atoms with Crippen LogP contribution in [0.15, 0.2) is 4.99 Å². The lowest BCUT2D eigenvalue weighted by Gasteiger charge is -2.11. The third kappa shape index (κ3) is 16.4. The fraction of sp³-hybridized carbons (Fsp3) is 0.929. The molecule has 0 aromatic rings. The maximum absolute atomic E-state index is 4.21. The summed E-state index contributed by atoms with van der Waals surface area (Å²) < 4.78 is 0. The fourth-order valence-corrected chi connectivity index (χ4v) is 2.09. The SMILES string of the molecule is CN=C(NCCCCCCCN(C)C)NCCSC.I. The first kappa shape index (κ1) is 22.6. The van der Waals surface area contributed by atoms with E-state index in [-0.39, 0.29) is 24.0 Å². The average Bonchev–Trinajstić information content (AvgIpc) is 2.39. The van der Waals surface area contributed by atoms with Crippen molar-refractivity contribution in [2.75, 3.05) is 52.8 Å². The first-order valence-electron chi connectivity index (χ1n) is 7.29. The van der Waals surface area contributed by atoms with Gasteiger partial charge in [0.25, 0.3) is 0 Å². The molecule has 0 aliphatic carbocycles. The molecular weight excluding hydrogens is 383 g/mol. The van der Waals surface area contributed by atoms with Gasteiger partial charge in [0.2, 0.25) is 0 Å². The van der Waals surface area contributed by atoms with Gasteiger partial charge in [-0.25, -0.2) is 0 Å². The number of hydrogen-bond acceptors (Lipinski definition) is 3. The molecule has 0 fully saturated rings. The van der Waals surface area contributed by atoms with Crippen molar-refractivity contribution in [3.8, 4) is 0 Å². The molecule has 6 heteroatoms. The van der Waals surface area contributed by atoms with Crippen LogP contribution in [0.1, 0.15) is 32.1 Å². The number of unbranched alkanes of at least 4 members (excludes halogenated alkanes) is 4. The molecule has 0 unspecified atom stereocenters. The molecule has 0 amide bonds. The molecule has 0 radical (unpaired) electrons. The van der Waals surface area contributed by atoms with Gasteiger partial charge in [0.1, 0.15) is 0 Å². The second-order valence-electron chi connectivity index (χ2n) is 4.99. The summed E-state index contributed by atoms with van der Waals surface area (Å²) in [7, 11) is 6.11. The van der Waals surface area contributed by atoms with Crippen molar-refractivity contribution in [2.45, 2.75) is 32.1 Å². The molecule has 0 heterocycles. The molecule has 20 heavy (non-hydrogen) atoms. The van der Waals surface area contributed by atoms with Crippen molar-refractivity contribution < 1.29 is 0 Å². The first-order valence-corrected chi connectivity index (χ1v) is 8.68. The highest BCUT2D eigenvalue weighted by atomic mass is 127. The molecule has 2 N–H and O–H groups in total. The minimum absolute atomic E-state index is 0. The van der Waals surface area contributed by atoms with E-state index in [0.29, 0.717) is 0 Å². The summed E-state index contributed by atoms with van der Waals surface area (Å²) in [5, 5.41) is 6.67. The van der Waals surface area contributed by atoms with E-state index >= 15 is 0 Å². The van der Waals surface area contributed by atoms with Crippen LogP contribution in [0.2, 0.25) is 0 Å². The predicted octanol–water partition coefficient (Wildman–Crippen LogP) is 2.64. The normalized spacial score (nSPS) is 11.3. The van der Waals surface area contributed by atoms with E-state index in [1.165, 1.54) is 38.6 Å². The van der Waals surface area contributed by atoms with Gasteiger partial charge in [-0.1, -0.05) is 19.3 Å². The lowest BCUT2D eigenvalue weighted by atomic mass is 10.1. The van der Waals surface area contributed by atoms with Crippen LogP contribution in [0.25, 0.3) is 0 Å². The molecule has 0 rings (SSSR count). The van der Waals surface area contributed by atoms with E-state index in [2.05, 4.69) is 40.9 Å². The third-order valence-corrected chi connectivity index (χ3v) is 3.51. The maximum atomic E-state index is 4.21. The van der Waals surface area contributed by atoms with Gasteiger partial charge in [0, 0.05) is 25.9 Å². The summed E-state index contributed by atoms with van der Waals surface area (Å²) >= 11 is 1.85. The number of rotatable bonds is 11. The molecule has 4 nitrogen and oxygen atoms in total. The second-order valence-corrected chi connectivity index (χ2v) is 5.98. The quantitative estimate of drug-likeness (QED) is 0.235. The number of hydrogen-bond donors (Lipinski definition) is 2. The predicted molar refractivity (Wildman–Crippen MR) is 105 cm³/mol. The Labute approximate surface area is 147 Å². The Hall–Kier alpha value is 0.310. The molecular formula is C14H33IN4S. The Morgan fingerprint density at radius 3 is 2.20 bits per heavy atom. The highest BCUT2D eigenvalue weighted by Crippen LogP contribution is 2.02. The van der Waals surface area contributed by atoms with Crippen molar-refractivity contribution in [3.63, 3.8) is 0 Å². The van der Waals surface area contributed by atoms with Crippen LogP contribution >= 0.6 is 35.7 Å². The molecule has 0 spiro atoms. The van der Waals surface area contributed by atoms with Crippen LogP contribution in [0.3, 0.4) is 0 Å². The Morgan fingerprint density at radius 2 is 1.60 bits per heavy atom. The molecule has 0 saturated heterocycles. The van der Waals surface area contributed by atoms with E-state index < -0.39 is 0 Å². The Balaban J connectivity index is 0. The minimum Gasteiger partial charge on any atom is -0.356 e. The average molecular weight is 416 g/mol. The van der Waals surface area contributed by atoms with Gasteiger partial charge in [0.05, 0.1) is 0 Å². The van der Waals surface area contributed by atoms with Crippen molar-refractivity contribution in [1.29, 1.82) is 0 Å². The van der Waals surface area contributed by atoms with Crippen LogP contribution in [0.5, 0.6) is 0 Å². The summed E-state index contributed by atoms with van der Waals surface area (Å²) in [6.45, 7) is 3.21. The molecule has 0 aromatic carbocycles. The van der Waals surface area contributed by atoms with Crippen molar-refractivity contribution in [3.05, 3.63) is 0 Å². The van der Waals surface area contributed by atoms with Crippen LogP contribution in [0, 0.1) is 0 Å². The smallest absolute Gasteiger partial charge is 0.191 e. The van der Waals surface area contributed by atoms with Crippen LogP contribution in [0.4, 0.5) is 0 Å². The zero-order valence-electron chi connectivity index (χ0n) is 13.6. The molecule has 0 aliphatic heterocycles. The molecule has 0 atom stereocenters. The fourth-order valence-electron chi connectivity index (χ4n) is 1.78. The second kappa shape index (κ2) is 17.4. The Bertz CT molecular complexity index is 225. The monoisotopic (exact) mass is 416 g/mol. The van der Waals surface area contributed by atoms with Crippen LogP contribution < -0.4 is 10.6 Å². The zero-order chi connectivity index (χ0) is 14.3. The van der Waals surface area contributed by atoms with Crippen LogP contribution in [-0.2, 0) is 0 Å². The van der Waals surface area contributed by atoms with E-state index in [9.17, 15) is 0 Å². The number of thioether (sulfide) groups is 1. The largest absolute Gasteiger partial charge is 0.356 e. The molecule has 122 valence electrons. The third-order valence-electron chi connectivity index (χ3n) is 2.90. The zero-order valence-corrected chi connectivity index (χ0v) is 16.7.